The van der Waals surface area contributed by atoms with E-state index in [1.807, 2.05) is 0 Å². The monoisotopic (exact) mass is 270 g/mol. The molecule has 3 rings (SSSR count). The molecule has 1 saturated heterocycles. The summed E-state index contributed by atoms with van der Waals surface area (Å²) in [5.74, 6) is 0.270. The number of sulfone groups is 1. The van der Waals surface area contributed by atoms with E-state index in [-0.39, 0.29) is 5.75 Å². The first-order valence-corrected chi connectivity index (χ1v) is 7.51. The van der Waals surface area contributed by atoms with Crippen molar-refractivity contribution in [3.63, 3.8) is 0 Å². The van der Waals surface area contributed by atoms with Crippen molar-refractivity contribution in [3.8, 4) is 0 Å². The lowest BCUT2D eigenvalue weighted by Gasteiger charge is -2.03. The summed E-state index contributed by atoms with van der Waals surface area (Å²) < 4.78 is 25.5. The molecule has 17 heavy (non-hydrogen) atoms. The van der Waals surface area contributed by atoms with Crippen molar-refractivity contribution >= 4 is 27.1 Å². The topological polar surface area (TPSA) is 51.4 Å². The summed E-state index contributed by atoms with van der Waals surface area (Å²) >= 11 is 5.87. The molecule has 1 atom stereocenters. The van der Waals surface area contributed by atoms with Crippen LogP contribution in [-0.4, -0.2) is 23.6 Å². The van der Waals surface area contributed by atoms with E-state index in [0.717, 1.165) is 6.42 Å². The first kappa shape index (κ1) is 11.0. The van der Waals surface area contributed by atoms with Crippen LogP contribution in [0.15, 0.2) is 24.5 Å². The summed E-state index contributed by atoms with van der Waals surface area (Å²) in [6.45, 7) is 0. The average molecular weight is 271 g/mol. The summed E-state index contributed by atoms with van der Waals surface area (Å²) in [5.41, 5.74) is 1.32. The SMILES string of the molecule is O=S1(=O)CCCC1c1cn2ccc(Cl)cc2n1. The van der Waals surface area contributed by atoms with E-state index in [4.69, 9.17) is 11.6 Å². The van der Waals surface area contributed by atoms with Gasteiger partial charge in [0.25, 0.3) is 0 Å². The van der Waals surface area contributed by atoms with Crippen molar-refractivity contribution in [3.05, 3.63) is 35.2 Å². The predicted molar refractivity (Wildman–Crippen MR) is 66.0 cm³/mol. The highest BCUT2D eigenvalue weighted by Gasteiger charge is 2.34. The molecule has 0 radical (unpaired) electrons. The molecule has 0 aromatic carbocycles. The largest absolute Gasteiger partial charge is 0.307 e. The first-order valence-electron chi connectivity index (χ1n) is 5.42. The Hall–Kier alpha value is -1.07. The van der Waals surface area contributed by atoms with Crippen molar-refractivity contribution < 1.29 is 8.42 Å². The zero-order valence-electron chi connectivity index (χ0n) is 9.01. The van der Waals surface area contributed by atoms with Crippen LogP contribution in [0.1, 0.15) is 23.8 Å². The third kappa shape index (κ3) is 1.83. The molecule has 1 aliphatic rings. The summed E-state index contributed by atoms with van der Waals surface area (Å²) in [6.07, 6.45) is 4.95. The Kier molecular flexibility index (Phi) is 2.41. The Morgan fingerprint density at radius 3 is 3.00 bits per heavy atom. The van der Waals surface area contributed by atoms with Crippen LogP contribution in [0.4, 0.5) is 0 Å². The van der Waals surface area contributed by atoms with E-state index >= 15 is 0 Å². The average Bonchev–Trinajstić information content (AvgIpc) is 2.79. The number of nitrogens with zero attached hydrogens (tertiary/aromatic N) is 2. The molecule has 1 aliphatic heterocycles. The minimum atomic E-state index is -3.01. The van der Waals surface area contributed by atoms with Gasteiger partial charge in [0, 0.05) is 17.4 Å². The number of fused-ring (bicyclic) bond motifs is 1. The number of imidazole rings is 1. The molecule has 0 amide bonds. The van der Waals surface area contributed by atoms with E-state index in [9.17, 15) is 8.42 Å². The number of hydrogen-bond acceptors (Lipinski definition) is 3. The molecule has 2 aromatic heterocycles. The van der Waals surface area contributed by atoms with Gasteiger partial charge in [-0.1, -0.05) is 11.6 Å². The zero-order valence-corrected chi connectivity index (χ0v) is 10.6. The molecule has 2 aromatic rings. The van der Waals surface area contributed by atoms with Gasteiger partial charge in [0.05, 0.1) is 11.4 Å². The Morgan fingerprint density at radius 2 is 2.29 bits per heavy atom. The third-order valence-corrected chi connectivity index (χ3v) is 5.54. The maximum atomic E-state index is 11.8. The van der Waals surface area contributed by atoms with Crippen molar-refractivity contribution in [1.82, 2.24) is 9.38 Å². The lowest BCUT2D eigenvalue weighted by Crippen LogP contribution is -2.08. The molecular formula is C11H11ClN2O2S. The van der Waals surface area contributed by atoms with Crippen LogP contribution in [0.5, 0.6) is 0 Å². The fraction of sp³-hybridized carbons (Fsp3) is 0.364. The quantitative estimate of drug-likeness (QED) is 0.799. The van der Waals surface area contributed by atoms with Crippen LogP contribution in [0.25, 0.3) is 5.65 Å². The van der Waals surface area contributed by atoms with Gasteiger partial charge in [-0.3, -0.25) is 0 Å². The van der Waals surface area contributed by atoms with E-state index in [1.54, 1.807) is 28.9 Å². The van der Waals surface area contributed by atoms with Crippen LogP contribution >= 0.6 is 11.6 Å². The Morgan fingerprint density at radius 1 is 1.47 bits per heavy atom. The number of hydrogen-bond donors (Lipinski definition) is 0. The number of aromatic nitrogens is 2. The van der Waals surface area contributed by atoms with Gasteiger partial charge in [-0.15, -0.1) is 0 Å². The molecule has 0 N–H and O–H groups in total. The van der Waals surface area contributed by atoms with Gasteiger partial charge in [-0.05, 0) is 25.0 Å². The molecular weight excluding hydrogens is 260 g/mol. The molecule has 0 bridgehead atoms. The van der Waals surface area contributed by atoms with Crippen LogP contribution in [-0.2, 0) is 9.84 Å². The maximum absolute atomic E-state index is 11.8. The van der Waals surface area contributed by atoms with Crippen molar-refractivity contribution in [2.75, 3.05) is 5.75 Å². The van der Waals surface area contributed by atoms with Crippen LogP contribution in [0, 0.1) is 0 Å². The molecule has 90 valence electrons. The van der Waals surface area contributed by atoms with Gasteiger partial charge in [-0.2, -0.15) is 0 Å². The molecule has 3 heterocycles. The second-order valence-electron chi connectivity index (χ2n) is 4.27. The van der Waals surface area contributed by atoms with Crippen molar-refractivity contribution in [2.24, 2.45) is 0 Å². The van der Waals surface area contributed by atoms with Gasteiger partial charge >= 0.3 is 0 Å². The molecule has 0 aliphatic carbocycles. The lowest BCUT2D eigenvalue weighted by molar-refractivity contribution is 0.591. The molecule has 0 saturated carbocycles. The number of rotatable bonds is 1. The second-order valence-corrected chi connectivity index (χ2v) is 7.01. The standard InChI is InChI=1S/C11H11ClN2O2S/c12-8-3-4-14-7-9(13-11(14)6-8)10-2-1-5-17(10,15)16/h3-4,6-7,10H,1-2,5H2. The Bertz CT molecular complexity index is 678. The van der Waals surface area contributed by atoms with Crippen molar-refractivity contribution in [1.29, 1.82) is 0 Å². The summed E-state index contributed by atoms with van der Waals surface area (Å²) in [6, 6.07) is 3.48. The smallest absolute Gasteiger partial charge is 0.158 e. The Labute approximate surface area is 104 Å². The number of pyridine rings is 1. The maximum Gasteiger partial charge on any atom is 0.158 e. The zero-order chi connectivity index (χ0) is 12.0. The minimum absolute atomic E-state index is 0.270. The fourth-order valence-electron chi connectivity index (χ4n) is 2.26. The highest BCUT2D eigenvalue weighted by atomic mass is 35.5. The minimum Gasteiger partial charge on any atom is -0.307 e. The highest BCUT2D eigenvalue weighted by Crippen LogP contribution is 2.34. The van der Waals surface area contributed by atoms with Crippen LogP contribution in [0.2, 0.25) is 5.02 Å². The van der Waals surface area contributed by atoms with Gasteiger partial charge in [0.15, 0.2) is 9.84 Å². The highest BCUT2D eigenvalue weighted by molar-refractivity contribution is 7.91. The normalized spacial score (nSPS) is 23.2. The number of halogens is 1. The molecule has 0 spiro atoms. The summed E-state index contributed by atoms with van der Waals surface area (Å²) in [4.78, 5) is 4.35. The molecule has 6 heteroatoms. The molecule has 4 nitrogen and oxygen atoms in total. The van der Waals surface area contributed by atoms with Crippen molar-refractivity contribution in [2.45, 2.75) is 18.1 Å². The van der Waals surface area contributed by atoms with Crippen LogP contribution < -0.4 is 0 Å². The third-order valence-electron chi connectivity index (χ3n) is 3.10. The van der Waals surface area contributed by atoms with Gasteiger partial charge in [-0.25, -0.2) is 13.4 Å². The van der Waals surface area contributed by atoms with Gasteiger partial charge in [0.2, 0.25) is 0 Å². The van der Waals surface area contributed by atoms with E-state index < -0.39 is 15.1 Å². The summed E-state index contributed by atoms with van der Waals surface area (Å²) in [7, 11) is -3.01. The molecule has 1 fully saturated rings. The summed E-state index contributed by atoms with van der Waals surface area (Å²) in [5, 5.41) is 0.158. The second kappa shape index (κ2) is 3.71. The van der Waals surface area contributed by atoms with Gasteiger partial charge in [0.1, 0.15) is 10.9 Å². The van der Waals surface area contributed by atoms with E-state index in [0.29, 0.717) is 22.8 Å². The fourth-order valence-corrected chi connectivity index (χ4v) is 4.27. The lowest BCUT2D eigenvalue weighted by atomic mass is 10.2. The van der Waals surface area contributed by atoms with E-state index in [2.05, 4.69) is 4.98 Å². The van der Waals surface area contributed by atoms with E-state index in [1.165, 1.54) is 0 Å². The first-order chi connectivity index (χ1) is 8.06. The van der Waals surface area contributed by atoms with Gasteiger partial charge < -0.3 is 4.40 Å². The predicted octanol–water partition coefficient (Wildman–Crippen LogP) is 2.24. The Balaban J connectivity index is 2.12. The molecule has 1 unspecified atom stereocenters. The van der Waals surface area contributed by atoms with Crippen LogP contribution in [0.3, 0.4) is 0 Å².